The summed E-state index contributed by atoms with van der Waals surface area (Å²) >= 11 is 0. The third kappa shape index (κ3) is 6.48. The smallest absolute Gasteiger partial charge is 0.408 e. The zero-order chi connectivity index (χ0) is 28.9. The number of benzene rings is 3. The summed E-state index contributed by atoms with van der Waals surface area (Å²) in [6.07, 6.45) is 0.521. The van der Waals surface area contributed by atoms with Gasteiger partial charge in [-0.15, -0.1) is 0 Å². The van der Waals surface area contributed by atoms with Crippen molar-refractivity contribution in [3.05, 3.63) is 106 Å². The Morgan fingerprint density at radius 2 is 1.70 bits per heavy atom. The van der Waals surface area contributed by atoms with E-state index < -0.39 is 57.8 Å². The number of aliphatic hydroxyl groups excluding tert-OH is 1. The number of rotatable bonds is 9. The van der Waals surface area contributed by atoms with Gasteiger partial charge in [0, 0.05) is 17.8 Å². The molecule has 1 amide bonds. The summed E-state index contributed by atoms with van der Waals surface area (Å²) < 4.78 is 67.7. The van der Waals surface area contributed by atoms with Gasteiger partial charge in [0.2, 0.25) is 0 Å². The number of ether oxygens (including phenoxy) is 2. The number of halogens is 4. The number of aliphatic hydroxyl groups is 1. The molecule has 1 aliphatic rings. The third-order valence-corrected chi connectivity index (χ3v) is 6.12. The van der Waals surface area contributed by atoms with Crippen LogP contribution in [0.4, 0.5) is 28.0 Å². The van der Waals surface area contributed by atoms with Gasteiger partial charge in [0.15, 0.2) is 5.82 Å². The van der Waals surface area contributed by atoms with Gasteiger partial charge in [-0.1, -0.05) is 30.3 Å². The van der Waals surface area contributed by atoms with E-state index in [9.17, 15) is 23.5 Å². The predicted octanol–water partition coefficient (Wildman–Crippen LogP) is 6.39. The molecular weight excluding hydrogens is 532 g/mol. The fourth-order valence-electron chi connectivity index (χ4n) is 3.92. The molecule has 3 aromatic rings. The first kappa shape index (κ1) is 28.3. The Hall–Kier alpha value is -4.67. The highest BCUT2D eigenvalue weighted by molar-refractivity contribution is 6.15. The normalized spacial score (nSPS) is 14.4. The second kappa shape index (κ2) is 12.0. The molecule has 4 rings (SSSR count). The van der Waals surface area contributed by atoms with Crippen molar-refractivity contribution in [3.8, 4) is 0 Å². The van der Waals surface area contributed by atoms with Gasteiger partial charge in [-0.2, -0.15) is 0 Å². The maximum absolute atomic E-state index is 15.3. The Morgan fingerprint density at radius 3 is 2.35 bits per heavy atom. The van der Waals surface area contributed by atoms with Crippen LogP contribution in [0.3, 0.4) is 0 Å². The quantitative estimate of drug-likeness (QED) is 0.105. The van der Waals surface area contributed by atoms with Gasteiger partial charge in [-0.25, -0.2) is 27.2 Å². The van der Waals surface area contributed by atoms with Crippen LogP contribution in [0.25, 0.3) is 5.76 Å². The Morgan fingerprint density at radius 1 is 0.975 bits per heavy atom. The second-order valence-corrected chi connectivity index (χ2v) is 8.92. The van der Waals surface area contributed by atoms with Crippen LogP contribution in [0.15, 0.2) is 71.2 Å². The first-order valence-corrected chi connectivity index (χ1v) is 12.2. The van der Waals surface area contributed by atoms with Crippen LogP contribution in [-0.2, 0) is 26.4 Å². The lowest BCUT2D eigenvalue weighted by molar-refractivity contribution is -0.137. The van der Waals surface area contributed by atoms with Crippen LogP contribution in [0.1, 0.15) is 36.5 Å². The van der Waals surface area contributed by atoms with E-state index in [1.807, 2.05) is 6.07 Å². The van der Waals surface area contributed by atoms with Crippen LogP contribution < -0.4 is 5.32 Å². The van der Waals surface area contributed by atoms with Gasteiger partial charge in [0.1, 0.15) is 35.4 Å². The number of hydrogen-bond donors (Lipinski definition) is 2. The van der Waals surface area contributed by atoms with Crippen molar-refractivity contribution in [1.82, 2.24) is 5.32 Å². The van der Waals surface area contributed by atoms with E-state index in [1.165, 1.54) is 6.92 Å². The van der Waals surface area contributed by atoms with Crippen LogP contribution in [0.2, 0.25) is 0 Å². The largest absolute Gasteiger partial charge is 0.506 e. The van der Waals surface area contributed by atoms with Crippen molar-refractivity contribution in [2.75, 3.05) is 6.61 Å². The third-order valence-electron chi connectivity index (χ3n) is 6.12. The van der Waals surface area contributed by atoms with E-state index in [-0.39, 0.29) is 24.5 Å². The lowest BCUT2D eigenvalue weighted by Gasteiger charge is -2.19. The number of hydrogen-bond acceptors (Lipinski definition) is 6. The molecule has 40 heavy (non-hydrogen) atoms. The van der Waals surface area contributed by atoms with Crippen molar-refractivity contribution < 1.29 is 41.7 Å². The molecule has 0 heterocycles. The highest BCUT2D eigenvalue weighted by atomic mass is 19.1. The highest BCUT2D eigenvalue weighted by Crippen LogP contribution is 2.47. The molecule has 3 aromatic carbocycles. The number of aliphatic imine (C=N–C) groups is 1. The fraction of sp³-hybridized carbons (Fsp3) is 0.207. The molecule has 0 bridgehead atoms. The van der Waals surface area contributed by atoms with Gasteiger partial charge < -0.3 is 19.9 Å². The molecule has 7 nitrogen and oxygen atoms in total. The van der Waals surface area contributed by atoms with Crippen molar-refractivity contribution in [2.45, 2.75) is 31.9 Å². The van der Waals surface area contributed by atoms with E-state index in [1.54, 1.807) is 24.3 Å². The lowest BCUT2D eigenvalue weighted by atomic mass is 9.99. The molecule has 0 unspecified atom stereocenters. The molecule has 0 radical (unpaired) electrons. The molecule has 208 valence electrons. The van der Waals surface area contributed by atoms with Crippen LogP contribution in [0, 0.1) is 23.3 Å². The fourth-order valence-corrected chi connectivity index (χ4v) is 3.92. The molecule has 0 spiro atoms. The summed E-state index contributed by atoms with van der Waals surface area (Å²) in [4.78, 5) is 28.6. The summed E-state index contributed by atoms with van der Waals surface area (Å²) in [6.45, 7) is 1.33. The van der Waals surface area contributed by atoms with E-state index in [0.717, 1.165) is 23.8 Å². The average molecular weight is 557 g/mol. The number of carbonyl (C=O) groups is 2. The molecule has 11 heteroatoms. The Balaban J connectivity index is 1.60. The summed E-state index contributed by atoms with van der Waals surface area (Å²) in [5.41, 5.74) is -2.40. The van der Waals surface area contributed by atoms with Gasteiger partial charge in [-0.3, -0.25) is 4.99 Å². The molecule has 1 saturated carbocycles. The van der Waals surface area contributed by atoms with Crippen molar-refractivity contribution in [3.63, 3.8) is 0 Å². The van der Waals surface area contributed by atoms with Crippen LogP contribution >= 0.6 is 0 Å². The second-order valence-electron chi connectivity index (χ2n) is 8.92. The number of esters is 1. The topological polar surface area (TPSA) is 97.2 Å². The van der Waals surface area contributed by atoms with Gasteiger partial charge in [0.05, 0.1) is 23.4 Å². The molecule has 0 atom stereocenters. The van der Waals surface area contributed by atoms with Crippen LogP contribution in [-0.4, -0.2) is 30.0 Å². The molecule has 2 N–H and O–H groups in total. The summed E-state index contributed by atoms with van der Waals surface area (Å²) in [5, 5.41) is 13.3. The Kier molecular flexibility index (Phi) is 8.52. The summed E-state index contributed by atoms with van der Waals surface area (Å²) in [7, 11) is 0. The first-order valence-electron chi connectivity index (χ1n) is 12.2. The van der Waals surface area contributed by atoms with Crippen molar-refractivity contribution in [1.29, 1.82) is 0 Å². The maximum Gasteiger partial charge on any atom is 0.408 e. The number of amides is 1. The first-order chi connectivity index (χ1) is 19.1. The molecule has 0 aliphatic heterocycles. The molecule has 1 fully saturated rings. The maximum atomic E-state index is 15.3. The molecule has 0 aromatic heterocycles. The van der Waals surface area contributed by atoms with E-state index in [4.69, 9.17) is 9.47 Å². The molecular formula is C29H24F4N2O5. The monoisotopic (exact) mass is 556 g/mol. The average Bonchev–Trinajstić information content (AvgIpc) is 3.70. The minimum absolute atomic E-state index is 0.0167. The van der Waals surface area contributed by atoms with Crippen LogP contribution in [0.5, 0.6) is 0 Å². The summed E-state index contributed by atoms with van der Waals surface area (Å²) in [6, 6.07) is 12.9. The minimum atomic E-state index is -1.21. The van der Waals surface area contributed by atoms with E-state index in [0.29, 0.717) is 31.2 Å². The Bertz CT molecular complexity index is 1490. The SMILES string of the molecule is CCOC(=O)/C(C=Nc1ccc(F)cc1F)=C(/O)c1cc(F)c(C2(NC(=O)OCc3ccccc3)CC2)cc1F. The molecule has 0 saturated heterocycles. The molecule has 1 aliphatic carbocycles. The Labute approximate surface area is 226 Å². The number of nitrogens with zero attached hydrogens (tertiary/aromatic N) is 1. The zero-order valence-electron chi connectivity index (χ0n) is 21.2. The summed E-state index contributed by atoms with van der Waals surface area (Å²) in [5.74, 6) is -6.14. The van der Waals surface area contributed by atoms with E-state index in [2.05, 4.69) is 10.3 Å². The van der Waals surface area contributed by atoms with Gasteiger partial charge in [-0.05, 0) is 49.6 Å². The lowest BCUT2D eigenvalue weighted by Crippen LogP contribution is -2.36. The van der Waals surface area contributed by atoms with E-state index >= 15 is 8.78 Å². The van der Waals surface area contributed by atoms with Gasteiger partial charge in [0.25, 0.3) is 0 Å². The minimum Gasteiger partial charge on any atom is -0.506 e. The van der Waals surface area contributed by atoms with Crippen molar-refractivity contribution >= 4 is 29.7 Å². The number of carbonyl (C=O) groups excluding carboxylic acids is 2. The van der Waals surface area contributed by atoms with Crippen molar-refractivity contribution in [2.24, 2.45) is 4.99 Å². The predicted molar refractivity (Wildman–Crippen MR) is 138 cm³/mol. The standard InChI is InChI=1S/C29H24F4N2O5/c1-2-39-27(37)20(15-34-25-9-8-18(30)12-24(25)33)26(36)19-13-23(32)21(14-22(19)31)29(10-11-29)35-28(38)40-16-17-6-4-3-5-7-17/h3-9,12-15,36H,2,10-11,16H2,1H3,(H,35,38)/b26-20+,34-15?. The van der Waals surface area contributed by atoms with Gasteiger partial charge >= 0.3 is 12.1 Å². The zero-order valence-corrected chi connectivity index (χ0v) is 21.2. The highest BCUT2D eigenvalue weighted by Gasteiger charge is 2.48. The number of nitrogens with one attached hydrogen (secondary N) is 1. The number of alkyl carbamates (subject to hydrolysis) is 1.